The van der Waals surface area contributed by atoms with E-state index < -0.39 is 0 Å². The predicted molar refractivity (Wildman–Crippen MR) is 106 cm³/mol. The fourth-order valence-corrected chi connectivity index (χ4v) is 4.27. The fraction of sp³-hybridized carbons (Fsp3) is 0.500. The first-order valence-electron chi connectivity index (χ1n) is 10.2. The van der Waals surface area contributed by atoms with Crippen LogP contribution in [0.25, 0.3) is 0 Å². The molecule has 0 N–H and O–H groups in total. The second kappa shape index (κ2) is 8.59. The van der Waals surface area contributed by atoms with Crippen LogP contribution in [-0.4, -0.2) is 41.0 Å². The van der Waals surface area contributed by atoms with E-state index in [-0.39, 0.29) is 11.8 Å². The van der Waals surface area contributed by atoms with Gasteiger partial charge in [-0.3, -0.25) is 9.78 Å². The lowest BCUT2D eigenvalue weighted by Crippen LogP contribution is -2.42. The summed E-state index contributed by atoms with van der Waals surface area (Å²) >= 11 is 0. The lowest BCUT2D eigenvalue weighted by atomic mass is 9.93. The van der Waals surface area contributed by atoms with Crippen LogP contribution in [-0.2, 0) is 4.79 Å². The van der Waals surface area contributed by atoms with Crippen LogP contribution in [0.15, 0.2) is 36.7 Å². The van der Waals surface area contributed by atoms with Crippen molar-refractivity contribution in [2.75, 3.05) is 20.2 Å². The number of carbonyl (C=O) groups excluding carboxylic acids is 1. The van der Waals surface area contributed by atoms with E-state index in [1.54, 1.807) is 19.5 Å². The highest BCUT2D eigenvalue weighted by molar-refractivity contribution is 5.79. The van der Waals surface area contributed by atoms with Crippen molar-refractivity contribution < 1.29 is 14.3 Å². The van der Waals surface area contributed by atoms with Crippen LogP contribution < -0.4 is 9.47 Å². The van der Waals surface area contributed by atoms with E-state index in [0.717, 1.165) is 44.5 Å². The van der Waals surface area contributed by atoms with Crippen LogP contribution in [0.3, 0.4) is 0 Å². The molecule has 1 saturated heterocycles. The number of aromatic nitrogens is 2. The smallest absolute Gasteiger partial charge is 0.238 e. The van der Waals surface area contributed by atoms with Gasteiger partial charge in [-0.05, 0) is 37.8 Å². The Morgan fingerprint density at radius 1 is 1.07 bits per heavy atom. The molecular formula is C22H27N3O3. The number of carbonyl (C=O) groups is 1. The fourth-order valence-electron chi connectivity index (χ4n) is 4.27. The summed E-state index contributed by atoms with van der Waals surface area (Å²) in [6.45, 7) is 1.58. The SMILES string of the molecule is COc1ccccc1Oc1cncc([C@H]2CCCN(C(=O)C3CCCC3)C2)n1. The number of piperidine rings is 1. The zero-order valence-electron chi connectivity index (χ0n) is 16.3. The van der Waals surface area contributed by atoms with Crippen molar-refractivity contribution in [2.24, 2.45) is 5.92 Å². The molecule has 2 aromatic rings. The molecular weight excluding hydrogens is 354 g/mol. The maximum absolute atomic E-state index is 12.8. The summed E-state index contributed by atoms with van der Waals surface area (Å²) in [5.74, 6) is 2.47. The standard InChI is InChI=1S/C22H27N3O3/c1-27-19-10-4-5-11-20(19)28-21-14-23-13-18(24-21)17-9-6-12-25(15-17)22(26)16-7-2-3-8-16/h4-5,10-11,13-14,16-17H,2-3,6-9,12,15H2,1H3/t17-/m0/s1. The van der Waals surface area contributed by atoms with Gasteiger partial charge >= 0.3 is 0 Å². The molecule has 2 fully saturated rings. The molecule has 2 heterocycles. The van der Waals surface area contributed by atoms with Crippen LogP contribution in [0, 0.1) is 5.92 Å². The van der Waals surface area contributed by atoms with Gasteiger partial charge in [-0.15, -0.1) is 0 Å². The predicted octanol–water partition coefficient (Wildman–Crippen LogP) is 4.17. The number of ether oxygens (including phenoxy) is 2. The second-order valence-corrected chi connectivity index (χ2v) is 7.64. The van der Waals surface area contributed by atoms with E-state index in [2.05, 4.69) is 9.97 Å². The van der Waals surface area contributed by atoms with E-state index in [1.807, 2.05) is 29.2 Å². The number of methoxy groups -OCH3 is 1. The molecule has 1 aromatic heterocycles. The summed E-state index contributed by atoms with van der Waals surface area (Å²) < 4.78 is 11.2. The molecule has 0 unspecified atom stereocenters. The summed E-state index contributed by atoms with van der Waals surface area (Å²) in [4.78, 5) is 23.9. The maximum Gasteiger partial charge on any atom is 0.238 e. The normalized spacial score (nSPS) is 20.2. The van der Waals surface area contributed by atoms with Gasteiger partial charge in [0.15, 0.2) is 11.5 Å². The Balaban J connectivity index is 1.46. The van der Waals surface area contributed by atoms with Gasteiger partial charge in [0.25, 0.3) is 0 Å². The molecule has 2 aliphatic rings. The van der Waals surface area contributed by atoms with E-state index >= 15 is 0 Å². The number of amides is 1. The molecule has 28 heavy (non-hydrogen) atoms. The lowest BCUT2D eigenvalue weighted by Gasteiger charge is -2.34. The minimum Gasteiger partial charge on any atom is -0.493 e. The third-order valence-corrected chi connectivity index (χ3v) is 5.77. The highest BCUT2D eigenvalue weighted by atomic mass is 16.5. The third kappa shape index (κ3) is 4.11. The van der Waals surface area contributed by atoms with Crippen molar-refractivity contribution in [1.82, 2.24) is 14.9 Å². The Labute approximate surface area is 165 Å². The van der Waals surface area contributed by atoms with E-state index in [4.69, 9.17) is 9.47 Å². The molecule has 1 atom stereocenters. The molecule has 148 valence electrons. The van der Waals surface area contributed by atoms with Gasteiger partial charge in [0.1, 0.15) is 0 Å². The number of para-hydroxylation sites is 2. The Hall–Kier alpha value is -2.63. The lowest BCUT2D eigenvalue weighted by molar-refractivity contribution is -0.136. The molecule has 1 amide bonds. The van der Waals surface area contributed by atoms with Gasteiger partial charge < -0.3 is 14.4 Å². The number of hydrogen-bond acceptors (Lipinski definition) is 5. The molecule has 0 bridgehead atoms. The highest BCUT2D eigenvalue weighted by Gasteiger charge is 2.31. The van der Waals surface area contributed by atoms with Crippen molar-refractivity contribution in [3.05, 3.63) is 42.4 Å². The maximum atomic E-state index is 12.8. The Bertz CT molecular complexity index is 820. The van der Waals surface area contributed by atoms with Crippen molar-refractivity contribution in [1.29, 1.82) is 0 Å². The largest absolute Gasteiger partial charge is 0.493 e. The first-order valence-corrected chi connectivity index (χ1v) is 10.2. The number of nitrogens with zero attached hydrogens (tertiary/aromatic N) is 3. The molecule has 4 rings (SSSR count). The van der Waals surface area contributed by atoms with Crippen LogP contribution in [0.1, 0.15) is 50.1 Å². The monoisotopic (exact) mass is 381 g/mol. The van der Waals surface area contributed by atoms with Crippen LogP contribution in [0.5, 0.6) is 17.4 Å². The second-order valence-electron chi connectivity index (χ2n) is 7.64. The summed E-state index contributed by atoms with van der Waals surface area (Å²) in [6.07, 6.45) is 9.88. The summed E-state index contributed by atoms with van der Waals surface area (Å²) in [5.41, 5.74) is 0.885. The highest BCUT2D eigenvalue weighted by Crippen LogP contribution is 2.33. The van der Waals surface area contributed by atoms with E-state index in [9.17, 15) is 4.79 Å². The third-order valence-electron chi connectivity index (χ3n) is 5.77. The Morgan fingerprint density at radius 3 is 2.64 bits per heavy atom. The minimum absolute atomic E-state index is 0.202. The number of hydrogen-bond donors (Lipinski definition) is 0. The average molecular weight is 381 g/mol. The zero-order chi connectivity index (χ0) is 19.3. The first kappa shape index (κ1) is 18.7. The van der Waals surface area contributed by atoms with Gasteiger partial charge in [-0.25, -0.2) is 4.98 Å². The Morgan fingerprint density at radius 2 is 1.86 bits per heavy atom. The van der Waals surface area contributed by atoms with Crippen molar-refractivity contribution in [2.45, 2.75) is 44.4 Å². The Kier molecular flexibility index (Phi) is 5.74. The van der Waals surface area contributed by atoms with Crippen LogP contribution in [0.2, 0.25) is 0 Å². The summed E-state index contributed by atoms with van der Waals surface area (Å²) in [6, 6.07) is 7.48. The van der Waals surface area contributed by atoms with E-state index in [1.165, 1.54) is 12.8 Å². The summed E-state index contributed by atoms with van der Waals surface area (Å²) in [5, 5.41) is 0. The zero-order valence-corrected chi connectivity index (χ0v) is 16.3. The molecule has 1 aliphatic heterocycles. The number of likely N-dealkylation sites (tertiary alicyclic amines) is 1. The van der Waals surface area contributed by atoms with Crippen molar-refractivity contribution >= 4 is 5.91 Å². The van der Waals surface area contributed by atoms with Crippen LogP contribution in [0.4, 0.5) is 0 Å². The van der Waals surface area contributed by atoms with E-state index in [0.29, 0.717) is 23.3 Å². The topological polar surface area (TPSA) is 64.6 Å². The van der Waals surface area contributed by atoms with Gasteiger partial charge in [0.05, 0.1) is 19.0 Å². The van der Waals surface area contributed by atoms with Crippen molar-refractivity contribution in [3.63, 3.8) is 0 Å². The van der Waals surface area contributed by atoms with Crippen molar-refractivity contribution in [3.8, 4) is 17.4 Å². The molecule has 6 heteroatoms. The van der Waals surface area contributed by atoms with Gasteiger partial charge in [-0.2, -0.15) is 0 Å². The average Bonchev–Trinajstić information content (AvgIpc) is 3.29. The molecule has 1 aromatic carbocycles. The number of rotatable bonds is 5. The van der Waals surface area contributed by atoms with Gasteiger partial charge in [-0.1, -0.05) is 25.0 Å². The van der Waals surface area contributed by atoms with Gasteiger partial charge in [0, 0.05) is 31.1 Å². The molecule has 0 radical (unpaired) electrons. The summed E-state index contributed by atoms with van der Waals surface area (Å²) in [7, 11) is 1.61. The first-order chi connectivity index (χ1) is 13.7. The molecule has 0 spiro atoms. The van der Waals surface area contributed by atoms with Crippen LogP contribution >= 0.6 is 0 Å². The minimum atomic E-state index is 0.202. The molecule has 6 nitrogen and oxygen atoms in total. The number of benzene rings is 1. The molecule has 1 aliphatic carbocycles. The quantitative estimate of drug-likeness (QED) is 0.778. The molecule has 1 saturated carbocycles. The van der Waals surface area contributed by atoms with Gasteiger partial charge in [0.2, 0.25) is 11.8 Å².